The van der Waals surface area contributed by atoms with Gasteiger partial charge in [0, 0.05) is 12.6 Å². The number of imidazole rings is 1. The molecule has 1 aromatic heterocycles. The van der Waals surface area contributed by atoms with Gasteiger partial charge in [0.1, 0.15) is 11.6 Å². The van der Waals surface area contributed by atoms with E-state index in [1.54, 1.807) is 0 Å². The molecule has 0 aliphatic carbocycles. The SMILES string of the molecule is CCn1c(CN)nc2cc(F)c(C(=O)OC)cc21.Cl.Cl. The number of nitrogens with zero attached hydrogens (tertiary/aromatic N) is 2. The normalized spacial score (nSPS) is 9.80. The van der Waals surface area contributed by atoms with Crippen LogP contribution in [-0.2, 0) is 17.8 Å². The van der Waals surface area contributed by atoms with E-state index in [9.17, 15) is 9.18 Å². The zero-order valence-corrected chi connectivity index (χ0v) is 12.7. The van der Waals surface area contributed by atoms with Crippen molar-refractivity contribution >= 4 is 41.8 Å². The first-order valence-electron chi connectivity index (χ1n) is 5.59. The minimum atomic E-state index is -0.701. The number of halogens is 3. The smallest absolute Gasteiger partial charge is 0.340 e. The topological polar surface area (TPSA) is 70.1 Å². The van der Waals surface area contributed by atoms with E-state index < -0.39 is 11.8 Å². The highest BCUT2D eigenvalue weighted by Gasteiger charge is 2.17. The zero-order valence-electron chi connectivity index (χ0n) is 11.1. The fourth-order valence-corrected chi connectivity index (χ4v) is 1.97. The molecule has 112 valence electrons. The van der Waals surface area contributed by atoms with Crippen molar-refractivity contribution in [3.8, 4) is 0 Å². The summed E-state index contributed by atoms with van der Waals surface area (Å²) in [5.74, 6) is -0.680. The van der Waals surface area contributed by atoms with E-state index in [0.29, 0.717) is 23.4 Å². The zero-order chi connectivity index (χ0) is 13.3. The average molecular weight is 324 g/mol. The average Bonchev–Trinajstić information content (AvgIpc) is 2.73. The first-order valence-corrected chi connectivity index (χ1v) is 5.59. The Morgan fingerprint density at radius 1 is 1.45 bits per heavy atom. The molecular weight excluding hydrogens is 308 g/mol. The van der Waals surface area contributed by atoms with Crippen LogP contribution in [0.4, 0.5) is 4.39 Å². The van der Waals surface area contributed by atoms with Gasteiger partial charge in [0.2, 0.25) is 0 Å². The summed E-state index contributed by atoms with van der Waals surface area (Å²) in [7, 11) is 1.22. The van der Waals surface area contributed by atoms with E-state index >= 15 is 0 Å². The van der Waals surface area contributed by atoms with Crippen molar-refractivity contribution in [1.82, 2.24) is 9.55 Å². The third kappa shape index (κ3) is 3.03. The number of fused-ring (bicyclic) bond motifs is 1. The second-order valence-corrected chi connectivity index (χ2v) is 3.79. The Morgan fingerprint density at radius 2 is 2.10 bits per heavy atom. The number of hydrogen-bond acceptors (Lipinski definition) is 4. The van der Waals surface area contributed by atoms with Crippen molar-refractivity contribution < 1.29 is 13.9 Å². The molecule has 0 saturated heterocycles. The molecule has 1 heterocycles. The van der Waals surface area contributed by atoms with Crippen LogP contribution in [0, 0.1) is 5.82 Å². The lowest BCUT2D eigenvalue weighted by Crippen LogP contribution is -2.08. The number of hydrogen-bond donors (Lipinski definition) is 1. The molecule has 0 aliphatic rings. The van der Waals surface area contributed by atoms with Crippen LogP contribution in [0.5, 0.6) is 0 Å². The molecule has 0 fully saturated rings. The van der Waals surface area contributed by atoms with Gasteiger partial charge in [0.05, 0.1) is 30.3 Å². The summed E-state index contributed by atoms with van der Waals surface area (Å²) < 4.78 is 20.1. The Morgan fingerprint density at radius 3 is 2.60 bits per heavy atom. The van der Waals surface area contributed by atoms with E-state index in [4.69, 9.17) is 5.73 Å². The van der Waals surface area contributed by atoms with Gasteiger partial charge in [-0.05, 0) is 13.0 Å². The Kier molecular flexibility index (Phi) is 6.91. The van der Waals surface area contributed by atoms with Crippen molar-refractivity contribution in [3.05, 3.63) is 29.3 Å². The van der Waals surface area contributed by atoms with Gasteiger partial charge in [0.15, 0.2) is 0 Å². The highest BCUT2D eigenvalue weighted by atomic mass is 35.5. The number of ether oxygens (including phenoxy) is 1. The van der Waals surface area contributed by atoms with Gasteiger partial charge < -0.3 is 15.0 Å². The molecular formula is C12H16Cl2FN3O2. The number of esters is 1. The predicted molar refractivity (Wildman–Crippen MR) is 79.1 cm³/mol. The lowest BCUT2D eigenvalue weighted by atomic mass is 10.2. The summed E-state index contributed by atoms with van der Waals surface area (Å²) in [6.07, 6.45) is 0. The first kappa shape index (κ1) is 18.6. The molecule has 0 bridgehead atoms. The second-order valence-electron chi connectivity index (χ2n) is 3.79. The minimum absolute atomic E-state index is 0. The van der Waals surface area contributed by atoms with Gasteiger partial charge >= 0.3 is 5.97 Å². The van der Waals surface area contributed by atoms with E-state index in [1.165, 1.54) is 19.2 Å². The molecule has 2 N–H and O–H groups in total. The van der Waals surface area contributed by atoms with Crippen LogP contribution < -0.4 is 5.73 Å². The number of carbonyl (C=O) groups excluding carboxylic acids is 1. The summed E-state index contributed by atoms with van der Waals surface area (Å²) >= 11 is 0. The lowest BCUT2D eigenvalue weighted by Gasteiger charge is -2.05. The Bertz CT molecular complexity index is 616. The summed E-state index contributed by atoms with van der Waals surface area (Å²) in [5, 5.41) is 0. The molecule has 8 heteroatoms. The van der Waals surface area contributed by atoms with Crippen molar-refractivity contribution in [2.45, 2.75) is 20.0 Å². The van der Waals surface area contributed by atoms with Crippen molar-refractivity contribution in [2.75, 3.05) is 7.11 Å². The maximum atomic E-state index is 13.7. The number of benzene rings is 1. The Labute approximate surface area is 128 Å². The summed E-state index contributed by atoms with van der Waals surface area (Å²) in [6.45, 7) is 2.84. The van der Waals surface area contributed by atoms with Crippen LogP contribution in [0.1, 0.15) is 23.1 Å². The largest absolute Gasteiger partial charge is 0.465 e. The minimum Gasteiger partial charge on any atom is -0.465 e. The number of aromatic nitrogens is 2. The summed E-state index contributed by atoms with van der Waals surface area (Å²) in [4.78, 5) is 15.7. The molecule has 0 atom stereocenters. The van der Waals surface area contributed by atoms with E-state index in [0.717, 1.165) is 0 Å². The van der Waals surface area contributed by atoms with Crippen LogP contribution in [0.15, 0.2) is 12.1 Å². The summed E-state index contributed by atoms with van der Waals surface area (Å²) in [6, 6.07) is 2.68. The second kappa shape index (κ2) is 7.42. The molecule has 0 radical (unpaired) electrons. The standard InChI is InChI=1S/C12H14FN3O2.2ClH/c1-3-16-10-4-7(12(17)18-2)8(13)5-9(10)15-11(16)6-14;;/h4-5H,3,6,14H2,1-2H3;2*1H. The van der Waals surface area contributed by atoms with Crippen LogP contribution >= 0.6 is 24.8 Å². The Hall–Kier alpha value is -1.37. The monoisotopic (exact) mass is 323 g/mol. The van der Waals surface area contributed by atoms with Gasteiger partial charge in [-0.25, -0.2) is 14.2 Å². The third-order valence-electron chi connectivity index (χ3n) is 2.82. The van der Waals surface area contributed by atoms with Crippen molar-refractivity contribution in [1.29, 1.82) is 0 Å². The fourth-order valence-electron chi connectivity index (χ4n) is 1.97. The number of carbonyl (C=O) groups is 1. The fraction of sp³-hybridized carbons (Fsp3) is 0.333. The number of rotatable bonds is 3. The molecule has 0 aliphatic heterocycles. The number of methoxy groups -OCH3 is 1. The van der Waals surface area contributed by atoms with Crippen LogP contribution in [0.25, 0.3) is 11.0 Å². The number of nitrogens with two attached hydrogens (primary N) is 1. The lowest BCUT2D eigenvalue weighted by molar-refractivity contribution is 0.0595. The summed E-state index contributed by atoms with van der Waals surface area (Å²) in [5.41, 5.74) is 6.66. The molecule has 0 amide bonds. The highest BCUT2D eigenvalue weighted by molar-refractivity contribution is 5.94. The maximum absolute atomic E-state index is 13.7. The molecule has 2 rings (SSSR count). The van der Waals surface area contributed by atoms with Crippen LogP contribution in [0.2, 0.25) is 0 Å². The van der Waals surface area contributed by atoms with E-state index in [2.05, 4.69) is 9.72 Å². The quantitative estimate of drug-likeness (QED) is 0.880. The highest BCUT2D eigenvalue weighted by Crippen LogP contribution is 2.21. The number of aryl methyl sites for hydroxylation is 1. The predicted octanol–water partition coefficient (Wildman–Crippen LogP) is 2.28. The van der Waals surface area contributed by atoms with Gasteiger partial charge in [-0.15, -0.1) is 24.8 Å². The molecule has 0 unspecified atom stereocenters. The third-order valence-corrected chi connectivity index (χ3v) is 2.82. The van der Waals surface area contributed by atoms with E-state index in [1.807, 2.05) is 11.5 Å². The molecule has 2 aromatic rings. The molecule has 5 nitrogen and oxygen atoms in total. The van der Waals surface area contributed by atoms with E-state index in [-0.39, 0.29) is 36.9 Å². The molecule has 20 heavy (non-hydrogen) atoms. The molecule has 0 spiro atoms. The molecule has 0 saturated carbocycles. The van der Waals surface area contributed by atoms with Crippen molar-refractivity contribution in [3.63, 3.8) is 0 Å². The van der Waals surface area contributed by atoms with Crippen LogP contribution in [0.3, 0.4) is 0 Å². The molecule has 1 aromatic carbocycles. The van der Waals surface area contributed by atoms with Gasteiger partial charge in [-0.1, -0.05) is 0 Å². The van der Waals surface area contributed by atoms with Crippen LogP contribution in [-0.4, -0.2) is 22.6 Å². The first-order chi connectivity index (χ1) is 8.62. The maximum Gasteiger partial charge on any atom is 0.340 e. The van der Waals surface area contributed by atoms with Gasteiger partial charge in [0.25, 0.3) is 0 Å². The Balaban J connectivity index is 0.00000180. The van der Waals surface area contributed by atoms with Gasteiger partial charge in [-0.2, -0.15) is 0 Å². The van der Waals surface area contributed by atoms with Crippen molar-refractivity contribution in [2.24, 2.45) is 5.73 Å². The van der Waals surface area contributed by atoms with Gasteiger partial charge in [-0.3, -0.25) is 0 Å².